The quantitative estimate of drug-likeness (QED) is 0.627. The molecule has 1 amide bonds. The molecule has 11 heteroatoms. The van der Waals surface area contributed by atoms with Gasteiger partial charge >= 0.3 is 0 Å². The molecule has 176 valence electrons. The van der Waals surface area contributed by atoms with Gasteiger partial charge in [-0.3, -0.25) is 9.69 Å². The van der Waals surface area contributed by atoms with Crippen LogP contribution in [0.15, 0.2) is 12.4 Å². The number of alkyl halides is 2. The Labute approximate surface area is 188 Å². The van der Waals surface area contributed by atoms with E-state index in [1.807, 2.05) is 0 Å². The number of hydrogen-bond donors (Lipinski definition) is 3. The van der Waals surface area contributed by atoms with Gasteiger partial charge in [-0.05, 0) is 44.9 Å². The van der Waals surface area contributed by atoms with Crippen LogP contribution in [0.25, 0.3) is 0 Å². The Kier molecular flexibility index (Phi) is 4.62. The molecule has 9 nitrogen and oxygen atoms in total. The molecule has 2 aromatic heterocycles. The number of fused-ring (bicyclic) bond motifs is 2. The molecule has 2 aromatic rings. The zero-order valence-electron chi connectivity index (χ0n) is 18.1. The zero-order chi connectivity index (χ0) is 22.8. The van der Waals surface area contributed by atoms with Crippen molar-refractivity contribution in [3.63, 3.8) is 0 Å². The second-order valence-electron chi connectivity index (χ2n) is 9.74. The van der Waals surface area contributed by atoms with Crippen molar-refractivity contribution in [2.45, 2.75) is 87.4 Å². The van der Waals surface area contributed by atoms with Gasteiger partial charge in [-0.1, -0.05) is 0 Å². The van der Waals surface area contributed by atoms with Crippen molar-refractivity contribution >= 4 is 23.4 Å². The predicted molar refractivity (Wildman–Crippen MR) is 114 cm³/mol. The lowest BCUT2D eigenvalue weighted by atomic mass is 9.92. The van der Waals surface area contributed by atoms with Gasteiger partial charge in [-0.2, -0.15) is 10.1 Å². The third-order valence-corrected chi connectivity index (χ3v) is 7.37. The van der Waals surface area contributed by atoms with Crippen molar-refractivity contribution in [3.8, 4) is 5.88 Å². The molecule has 3 fully saturated rings. The van der Waals surface area contributed by atoms with E-state index in [1.165, 1.54) is 6.20 Å². The van der Waals surface area contributed by atoms with E-state index in [4.69, 9.17) is 4.74 Å². The highest BCUT2D eigenvalue weighted by Gasteiger charge is 2.61. The van der Waals surface area contributed by atoms with Gasteiger partial charge in [0.2, 0.25) is 17.7 Å². The molecule has 0 bridgehead atoms. The highest BCUT2D eigenvalue weighted by atomic mass is 19.3. The maximum absolute atomic E-state index is 13.5. The van der Waals surface area contributed by atoms with Crippen LogP contribution in [-0.4, -0.2) is 55.4 Å². The first-order valence-electron chi connectivity index (χ1n) is 11.6. The van der Waals surface area contributed by atoms with Crippen molar-refractivity contribution in [1.29, 1.82) is 0 Å². The zero-order valence-corrected chi connectivity index (χ0v) is 18.1. The molecule has 3 N–H and O–H groups in total. The van der Waals surface area contributed by atoms with Crippen molar-refractivity contribution < 1.29 is 23.4 Å². The summed E-state index contributed by atoms with van der Waals surface area (Å²) in [7, 11) is 0. The van der Waals surface area contributed by atoms with Crippen LogP contribution in [0.5, 0.6) is 5.88 Å². The Bertz CT molecular complexity index is 1090. The molecular weight excluding hydrogens is 434 g/mol. The molecule has 4 aliphatic rings. The van der Waals surface area contributed by atoms with E-state index in [1.54, 1.807) is 11.1 Å². The number of aliphatic hydroxyl groups excluding tert-OH is 1. The molecule has 3 heterocycles. The van der Waals surface area contributed by atoms with Crippen LogP contribution in [0, 0.1) is 0 Å². The molecular formula is C22H26F2N6O3. The van der Waals surface area contributed by atoms with E-state index in [0.29, 0.717) is 17.9 Å². The standard InChI is InChI=1S/C22H26F2N6O3/c23-22(24)5-4-14(9-22)33-18-16(11-26-29-18)27-20-25-10-15-17(28-20)30(19(32)21(15)6-7-21)12-2-1-3-13(31)8-12/h10-14,31H,1-9H2,(H,26,29)(H,25,27,28)/t12-,13-,14?/m1/s1. The van der Waals surface area contributed by atoms with Crippen LogP contribution < -0.4 is 15.0 Å². The number of carbonyl (C=O) groups excluding carboxylic acids is 1. The van der Waals surface area contributed by atoms with Crippen molar-refractivity contribution in [2.24, 2.45) is 0 Å². The summed E-state index contributed by atoms with van der Waals surface area (Å²) in [5, 5.41) is 19.9. The van der Waals surface area contributed by atoms with Crippen LogP contribution >= 0.6 is 0 Å². The summed E-state index contributed by atoms with van der Waals surface area (Å²) in [6.07, 6.45) is 6.49. The van der Waals surface area contributed by atoms with E-state index in [9.17, 15) is 18.7 Å². The predicted octanol–water partition coefficient (Wildman–Crippen LogP) is 3.19. The largest absolute Gasteiger partial charge is 0.473 e. The summed E-state index contributed by atoms with van der Waals surface area (Å²) in [6.45, 7) is 0. The minimum atomic E-state index is -2.71. The number of anilines is 3. The van der Waals surface area contributed by atoms with Crippen LogP contribution in [0.4, 0.5) is 26.2 Å². The fourth-order valence-corrected chi connectivity index (χ4v) is 5.47. The van der Waals surface area contributed by atoms with Gasteiger partial charge in [0.15, 0.2) is 0 Å². The fourth-order valence-electron chi connectivity index (χ4n) is 5.47. The lowest BCUT2D eigenvalue weighted by molar-refractivity contribution is -0.121. The number of nitrogens with zero attached hydrogens (tertiary/aromatic N) is 4. The van der Waals surface area contributed by atoms with Crippen LogP contribution in [0.1, 0.15) is 63.4 Å². The summed E-state index contributed by atoms with van der Waals surface area (Å²) in [5.41, 5.74) is 0.763. The number of aromatic amines is 1. The van der Waals surface area contributed by atoms with E-state index < -0.39 is 23.5 Å². The van der Waals surface area contributed by atoms with Gasteiger partial charge < -0.3 is 15.2 Å². The summed E-state index contributed by atoms with van der Waals surface area (Å²) < 4.78 is 32.8. The Hall–Kier alpha value is -2.82. The molecule has 3 aliphatic carbocycles. The fraction of sp³-hybridized carbons (Fsp3) is 0.636. The van der Waals surface area contributed by atoms with Gasteiger partial charge in [-0.25, -0.2) is 18.9 Å². The van der Waals surface area contributed by atoms with Gasteiger partial charge in [-0.15, -0.1) is 0 Å². The minimum absolute atomic E-state index is 0.0533. The van der Waals surface area contributed by atoms with Crippen molar-refractivity contribution in [1.82, 2.24) is 20.2 Å². The molecule has 1 unspecified atom stereocenters. The van der Waals surface area contributed by atoms with Gasteiger partial charge in [0.25, 0.3) is 5.92 Å². The Morgan fingerprint density at radius 1 is 1.21 bits per heavy atom. The smallest absolute Gasteiger partial charge is 0.251 e. The number of halogens is 2. The molecule has 1 aliphatic heterocycles. The third kappa shape index (κ3) is 3.53. The first-order valence-corrected chi connectivity index (χ1v) is 11.6. The monoisotopic (exact) mass is 460 g/mol. The highest BCUT2D eigenvalue weighted by molar-refractivity contribution is 6.09. The maximum atomic E-state index is 13.5. The number of amides is 1. The van der Waals surface area contributed by atoms with E-state index in [0.717, 1.165) is 37.7 Å². The number of aliphatic hydroxyl groups is 1. The number of aromatic nitrogens is 4. The van der Waals surface area contributed by atoms with Gasteiger partial charge in [0.1, 0.15) is 17.6 Å². The number of carbonyl (C=O) groups is 1. The first kappa shape index (κ1) is 20.8. The van der Waals surface area contributed by atoms with Crippen LogP contribution in [0.3, 0.4) is 0 Å². The summed E-state index contributed by atoms with van der Waals surface area (Å²) in [5.74, 6) is -1.54. The second-order valence-corrected chi connectivity index (χ2v) is 9.74. The van der Waals surface area contributed by atoms with Gasteiger partial charge in [0.05, 0.1) is 17.7 Å². The van der Waals surface area contributed by atoms with E-state index in [-0.39, 0.29) is 43.0 Å². The molecule has 0 aromatic carbocycles. The van der Waals surface area contributed by atoms with Gasteiger partial charge in [0, 0.05) is 30.6 Å². The minimum Gasteiger partial charge on any atom is -0.473 e. The summed E-state index contributed by atoms with van der Waals surface area (Å²) >= 11 is 0. The average molecular weight is 460 g/mol. The summed E-state index contributed by atoms with van der Waals surface area (Å²) in [6, 6.07) is -0.0837. The van der Waals surface area contributed by atoms with Crippen LogP contribution in [0.2, 0.25) is 0 Å². The number of hydrogen-bond acceptors (Lipinski definition) is 7. The molecule has 3 atom stereocenters. The van der Waals surface area contributed by atoms with Crippen molar-refractivity contribution in [3.05, 3.63) is 18.0 Å². The van der Waals surface area contributed by atoms with E-state index >= 15 is 0 Å². The van der Waals surface area contributed by atoms with Crippen molar-refractivity contribution in [2.75, 3.05) is 10.2 Å². The SMILES string of the molecule is O=C1N([C@@H]2CCC[C@@H](O)C2)c2nc(Nc3cn[nH]c3OC3CCC(F)(F)C3)ncc2C12CC2. The molecule has 1 spiro atoms. The molecule has 0 radical (unpaired) electrons. The number of rotatable bonds is 5. The number of nitrogens with one attached hydrogen (secondary N) is 2. The average Bonchev–Trinajstić information content (AvgIpc) is 3.27. The number of H-pyrrole nitrogens is 1. The van der Waals surface area contributed by atoms with E-state index in [2.05, 4.69) is 25.5 Å². The molecule has 6 rings (SSSR count). The first-order chi connectivity index (χ1) is 15.8. The second kappa shape index (κ2) is 7.34. The lowest BCUT2D eigenvalue weighted by Gasteiger charge is -2.33. The molecule has 0 saturated heterocycles. The number of ether oxygens (including phenoxy) is 1. The highest BCUT2D eigenvalue weighted by Crippen LogP contribution is 2.57. The Balaban J connectivity index is 1.25. The Morgan fingerprint density at radius 2 is 2.06 bits per heavy atom. The summed E-state index contributed by atoms with van der Waals surface area (Å²) in [4.78, 5) is 24.2. The Morgan fingerprint density at radius 3 is 2.79 bits per heavy atom. The maximum Gasteiger partial charge on any atom is 0.251 e. The molecule has 33 heavy (non-hydrogen) atoms. The van der Waals surface area contributed by atoms with Crippen LogP contribution in [-0.2, 0) is 10.2 Å². The molecule has 3 saturated carbocycles. The normalized spacial score (nSPS) is 29.4. The third-order valence-electron chi connectivity index (χ3n) is 7.37. The topological polar surface area (TPSA) is 116 Å². The lowest BCUT2D eigenvalue weighted by Crippen LogP contribution is -2.44.